The summed E-state index contributed by atoms with van der Waals surface area (Å²) in [5.41, 5.74) is 0. The minimum absolute atomic E-state index is 0.211. The lowest BCUT2D eigenvalue weighted by molar-refractivity contribution is -0.401. The number of esters is 1. The third-order valence-electron chi connectivity index (χ3n) is 2.03. The van der Waals surface area contributed by atoms with Crippen LogP contribution in [0.1, 0.15) is 13.8 Å². The Kier molecular flexibility index (Phi) is 2.27. The second-order valence-electron chi connectivity index (χ2n) is 3.38. The number of fused-ring (bicyclic) bond motifs is 2. The Balaban J connectivity index is 2.12. The van der Waals surface area contributed by atoms with E-state index in [1.165, 1.54) is 13.8 Å². The van der Waals surface area contributed by atoms with Crippen molar-refractivity contribution in [1.29, 1.82) is 0 Å². The van der Waals surface area contributed by atoms with Gasteiger partial charge < -0.3 is 9.47 Å². The molecule has 2 aliphatic rings. The maximum atomic E-state index is 11.5. The van der Waals surface area contributed by atoms with Gasteiger partial charge in [0.15, 0.2) is 6.61 Å². The Morgan fingerprint density at radius 1 is 1.53 bits per heavy atom. The first kappa shape index (κ1) is 10.5. The van der Waals surface area contributed by atoms with Crippen molar-refractivity contribution in [2.45, 2.75) is 25.6 Å². The minimum Gasteiger partial charge on any atom is -0.459 e. The molecular formula is C8H10O7. The highest BCUT2D eigenvalue weighted by Crippen LogP contribution is 2.38. The molecule has 15 heavy (non-hydrogen) atoms. The predicted molar refractivity (Wildman–Crippen MR) is 42.0 cm³/mol. The van der Waals surface area contributed by atoms with Gasteiger partial charge >= 0.3 is 17.7 Å². The molecule has 84 valence electrons. The summed E-state index contributed by atoms with van der Waals surface area (Å²) >= 11 is 0. The molecule has 0 unspecified atom stereocenters. The summed E-state index contributed by atoms with van der Waals surface area (Å²) in [7, 11) is 0. The summed E-state index contributed by atoms with van der Waals surface area (Å²) in [4.78, 5) is 31.6. The maximum absolute atomic E-state index is 11.5. The van der Waals surface area contributed by atoms with Crippen LogP contribution in [0.4, 0.5) is 0 Å². The highest BCUT2D eigenvalue weighted by molar-refractivity contribution is 5.88. The second-order valence-corrected chi connectivity index (χ2v) is 3.38. The van der Waals surface area contributed by atoms with Crippen molar-refractivity contribution in [2.75, 3.05) is 13.2 Å². The molecule has 0 aromatic rings. The second kappa shape index (κ2) is 3.24. The Labute approximate surface area is 85.1 Å². The Hall–Kier alpha value is -1.02. The molecule has 0 N–H and O–H groups in total. The molecule has 2 atom stereocenters. The molecule has 0 aromatic heterocycles. The first-order chi connectivity index (χ1) is 6.96. The molecule has 7 heteroatoms. The van der Waals surface area contributed by atoms with Gasteiger partial charge in [0, 0.05) is 13.8 Å². The number of hydrogen-bond donors (Lipinski definition) is 0. The molecule has 0 spiro atoms. The van der Waals surface area contributed by atoms with Crippen LogP contribution in [0.5, 0.6) is 0 Å². The molecule has 2 aliphatic heterocycles. The zero-order valence-electron chi connectivity index (χ0n) is 8.27. The van der Waals surface area contributed by atoms with Crippen LogP contribution >= 0.6 is 0 Å². The van der Waals surface area contributed by atoms with Crippen LogP contribution in [0, 0.1) is 0 Å². The van der Waals surface area contributed by atoms with Crippen molar-refractivity contribution in [3.05, 3.63) is 0 Å². The van der Waals surface area contributed by atoms with Gasteiger partial charge in [0.05, 0.1) is 0 Å². The smallest absolute Gasteiger partial charge is 0.312 e. The molecule has 0 amide bonds. The van der Waals surface area contributed by atoms with Crippen LogP contribution in [0.3, 0.4) is 0 Å². The van der Waals surface area contributed by atoms with E-state index in [1.807, 2.05) is 0 Å². The van der Waals surface area contributed by atoms with E-state index in [0.29, 0.717) is 0 Å². The highest BCUT2D eigenvalue weighted by atomic mass is 17.3. The number of ketones is 1. The van der Waals surface area contributed by atoms with E-state index in [1.54, 1.807) is 0 Å². The van der Waals surface area contributed by atoms with Gasteiger partial charge in [-0.2, -0.15) is 9.78 Å². The van der Waals surface area contributed by atoms with E-state index in [-0.39, 0.29) is 13.2 Å². The van der Waals surface area contributed by atoms with Crippen molar-refractivity contribution in [2.24, 2.45) is 0 Å². The average Bonchev–Trinajstić information content (AvgIpc) is 2.46. The fourth-order valence-electron chi connectivity index (χ4n) is 1.27. The number of carbonyl (C=O) groups excluding carboxylic acids is 2. The lowest BCUT2D eigenvalue weighted by atomic mass is 10.2. The van der Waals surface area contributed by atoms with Crippen molar-refractivity contribution >= 4 is 11.8 Å². The SMILES string of the molecule is CC(=O)OC[C@@]12OO[C@@](C)(OCC1=O)O2. The monoisotopic (exact) mass is 218 g/mol. The molecule has 0 aromatic carbocycles. The van der Waals surface area contributed by atoms with Crippen molar-refractivity contribution in [1.82, 2.24) is 0 Å². The van der Waals surface area contributed by atoms with E-state index in [4.69, 9.17) is 19.2 Å². The minimum atomic E-state index is -1.68. The van der Waals surface area contributed by atoms with Crippen LogP contribution in [0.25, 0.3) is 0 Å². The van der Waals surface area contributed by atoms with Gasteiger partial charge in [-0.15, -0.1) is 0 Å². The van der Waals surface area contributed by atoms with E-state index < -0.39 is 23.5 Å². The zero-order valence-corrected chi connectivity index (χ0v) is 8.27. The van der Waals surface area contributed by atoms with Crippen LogP contribution in [0.2, 0.25) is 0 Å². The first-order valence-corrected chi connectivity index (χ1v) is 4.33. The van der Waals surface area contributed by atoms with Crippen molar-refractivity contribution in [3.63, 3.8) is 0 Å². The zero-order chi connectivity index (χ0) is 11.1. The number of hydrogen-bond acceptors (Lipinski definition) is 7. The summed E-state index contributed by atoms with van der Waals surface area (Å²) in [6, 6.07) is 0. The van der Waals surface area contributed by atoms with E-state index in [2.05, 4.69) is 4.74 Å². The van der Waals surface area contributed by atoms with Gasteiger partial charge in [0.25, 0.3) is 0 Å². The molecule has 0 aliphatic carbocycles. The first-order valence-electron chi connectivity index (χ1n) is 4.33. The standard InChI is InChI=1S/C8H10O7/c1-5(9)11-4-8-6(10)3-12-7(2,13-8)14-15-8/h3-4H2,1-2H3/t7-,8+/m0/s1. The molecule has 2 heterocycles. The number of rotatable bonds is 2. The van der Waals surface area contributed by atoms with Gasteiger partial charge in [0.2, 0.25) is 5.78 Å². The number of Topliss-reactive ketones (excluding diaryl/α,β-unsaturated/α-hetero) is 1. The van der Waals surface area contributed by atoms with Crippen LogP contribution in [-0.4, -0.2) is 36.7 Å². The van der Waals surface area contributed by atoms with Gasteiger partial charge in [-0.25, -0.2) is 0 Å². The van der Waals surface area contributed by atoms with Crippen molar-refractivity contribution < 1.29 is 33.6 Å². The van der Waals surface area contributed by atoms with Gasteiger partial charge in [-0.1, -0.05) is 0 Å². The number of carbonyl (C=O) groups is 2. The summed E-state index contributed by atoms with van der Waals surface area (Å²) in [6.45, 7) is 2.11. The molecule has 7 nitrogen and oxygen atoms in total. The summed E-state index contributed by atoms with van der Waals surface area (Å²) in [5, 5.41) is 0. The Morgan fingerprint density at radius 3 is 2.93 bits per heavy atom. The fraction of sp³-hybridized carbons (Fsp3) is 0.750. The third kappa shape index (κ3) is 1.74. The number of ether oxygens (including phenoxy) is 3. The quantitative estimate of drug-likeness (QED) is 0.456. The van der Waals surface area contributed by atoms with Crippen LogP contribution < -0.4 is 0 Å². The molecule has 2 saturated heterocycles. The fourth-order valence-corrected chi connectivity index (χ4v) is 1.27. The Bertz CT molecular complexity index is 314. The molecule has 2 bridgehead atoms. The third-order valence-corrected chi connectivity index (χ3v) is 2.03. The van der Waals surface area contributed by atoms with Crippen LogP contribution in [0.15, 0.2) is 0 Å². The lowest BCUT2D eigenvalue weighted by Gasteiger charge is -2.29. The summed E-state index contributed by atoms with van der Waals surface area (Å²) < 4.78 is 14.8. The lowest BCUT2D eigenvalue weighted by Crippen LogP contribution is -2.53. The van der Waals surface area contributed by atoms with E-state index in [9.17, 15) is 9.59 Å². The van der Waals surface area contributed by atoms with Gasteiger partial charge in [-0.05, 0) is 0 Å². The molecule has 2 rings (SSSR count). The largest absolute Gasteiger partial charge is 0.459 e. The van der Waals surface area contributed by atoms with Gasteiger partial charge in [0.1, 0.15) is 6.61 Å². The highest BCUT2D eigenvalue weighted by Gasteiger charge is 2.61. The maximum Gasteiger partial charge on any atom is 0.312 e. The van der Waals surface area contributed by atoms with E-state index >= 15 is 0 Å². The summed E-state index contributed by atoms with van der Waals surface area (Å²) in [6.07, 6.45) is 0. The normalized spacial score (nSPS) is 39.2. The molecule has 0 saturated carbocycles. The predicted octanol–water partition coefficient (Wildman–Crippen LogP) is -0.503. The molecule has 0 radical (unpaired) electrons. The molecule has 2 fully saturated rings. The summed E-state index contributed by atoms with van der Waals surface area (Å²) in [5.74, 6) is -4.12. The average molecular weight is 218 g/mol. The van der Waals surface area contributed by atoms with Gasteiger partial charge in [-0.3, -0.25) is 14.3 Å². The van der Waals surface area contributed by atoms with Crippen LogP contribution in [-0.2, 0) is 33.6 Å². The molecular weight excluding hydrogens is 208 g/mol. The topological polar surface area (TPSA) is 80.3 Å². The Morgan fingerprint density at radius 2 is 2.27 bits per heavy atom. The van der Waals surface area contributed by atoms with Crippen molar-refractivity contribution in [3.8, 4) is 0 Å². The van der Waals surface area contributed by atoms with E-state index in [0.717, 1.165) is 0 Å².